The molecule has 2 aromatic rings. The summed E-state index contributed by atoms with van der Waals surface area (Å²) in [5.74, 6) is 1.21. The third-order valence-corrected chi connectivity index (χ3v) is 3.23. The Balaban J connectivity index is 1.95. The molecule has 1 aromatic carbocycles. The molecular formula is C14H14ClN3OS. The van der Waals surface area contributed by atoms with Gasteiger partial charge in [0, 0.05) is 17.8 Å². The number of nitrogens with one attached hydrogen (secondary N) is 2. The van der Waals surface area contributed by atoms with Gasteiger partial charge in [-0.25, -0.2) is 4.98 Å². The first kappa shape index (κ1) is 14.6. The maximum Gasteiger partial charge on any atom is 0.174 e. The fourth-order valence-electron chi connectivity index (χ4n) is 1.62. The monoisotopic (exact) mass is 307 g/mol. The minimum Gasteiger partial charge on any atom is -0.493 e. The van der Waals surface area contributed by atoms with E-state index in [4.69, 9.17) is 28.6 Å². The average Bonchev–Trinajstić information content (AvgIpc) is 2.47. The summed E-state index contributed by atoms with van der Waals surface area (Å²) in [6, 6.07) is 11.2. The second kappa shape index (κ2) is 7.07. The predicted octanol–water partition coefficient (Wildman–Crippen LogP) is 3.23. The largest absolute Gasteiger partial charge is 0.493 e. The van der Waals surface area contributed by atoms with Crippen molar-refractivity contribution in [3.63, 3.8) is 0 Å². The highest BCUT2D eigenvalue weighted by molar-refractivity contribution is 7.80. The second-order valence-corrected chi connectivity index (χ2v) is 4.77. The van der Waals surface area contributed by atoms with Gasteiger partial charge in [-0.15, -0.1) is 0 Å². The lowest BCUT2D eigenvalue weighted by molar-refractivity contribution is 0.415. The van der Waals surface area contributed by atoms with Crippen LogP contribution in [0, 0.1) is 0 Å². The van der Waals surface area contributed by atoms with E-state index in [1.165, 1.54) is 0 Å². The highest BCUT2D eigenvalue weighted by atomic mass is 35.5. The summed E-state index contributed by atoms with van der Waals surface area (Å²) in [4.78, 5) is 4.17. The molecule has 0 radical (unpaired) electrons. The normalized spacial score (nSPS) is 9.90. The summed E-state index contributed by atoms with van der Waals surface area (Å²) in [5, 5.41) is 7.24. The Morgan fingerprint density at radius 1 is 1.30 bits per heavy atom. The van der Waals surface area contributed by atoms with Crippen LogP contribution in [-0.4, -0.2) is 17.2 Å². The van der Waals surface area contributed by atoms with Crippen LogP contribution in [0.3, 0.4) is 0 Å². The van der Waals surface area contributed by atoms with Crippen LogP contribution >= 0.6 is 23.8 Å². The van der Waals surface area contributed by atoms with Crippen LogP contribution in [0.2, 0.25) is 5.02 Å². The zero-order valence-electron chi connectivity index (χ0n) is 10.9. The molecule has 0 spiro atoms. The van der Waals surface area contributed by atoms with Crippen molar-refractivity contribution in [3.05, 3.63) is 53.2 Å². The molecule has 2 N–H and O–H groups in total. The molecule has 1 heterocycles. The Hall–Kier alpha value is -1.85. The molecule has 0 aliphatic rings. The maximum atomic E-state index is 6.08. The van der Waals surface area contributed by atoms with Gasteiger partial charge in [0.05, 0.1) is 7.11 Å². The Morgan fingerprint density at radius 3 is 2.85 bits per heavy atom. The zero-order chi connectivity index (χ0) is 14.4. The van der Waals surface area contributed by atoms with Crippen molar-refractivity contribution < 1.29 is 4.74 Å². The van der Waals surface area contributed by atoms with Gasteiger partial charge in [-0.2, -0.15) is 0 Å². The van der Waals surface area contributed by atoms with Crippen molar-refractivity contribution >= 4 is 34.7 Å². The highest BCUT2D eigenvalue weighted by Crippen LogP contribution is 2.20. The second-order valence-electron chi connectivity index (χ2n) is 3.95. The smallest absolute Gasteiger partial charge is 0.174 e. The molecular weight excluding hydrogens is 294 g/mol. The molecule has 0 aliphatic heterocycles. The summed E-state index contributed by atoms with van der Waals surface area (Å²) in [6.45, 7) is 0.542. The Labute approximate surface area is 128 Å². The molecule has 0 unspecified atom stereocenters. The molecule has 1 aromatic heterocycles. The van der Waals surface area contributed by atoms with Gasteiger partial charge in [0.15, 0.2) is 16.7 Å². The number of aromatic nitrogens is 1. The van der Waals surface area contributed by atoms with E-state index in [2.05, 4.69) is 15.6 Å². The number of benzene rings is 1. The first-order valence-corrected chi connectivity index (χ1v) is 6.76. The number of anilines is 1. The molecule has 4 nitrogen and oxygen atoms in total. The molecule has 104 valence electrons. The minimum atomic E-state index is 0.460. The number of halogens is 1. The number of hydrogen-bond donors (Lipinski definition) is 2. The standard InChI is InChI=1S/C14H14ClN3OS/c1-19-12-7-4-8-16-13(12)18-14(20)17-9-10-5-2-3-6-11(10)15/h2-8H,9H2,1H3,(H2,16,17,18,20). The Bertz CT molecular complexity index is 606. The lowest BCUT2D eigenvalue weighted by Gasteiger charge is -2.12. The molecule has 0 saturated carbocycles. The van der Waals surface area contributed by atoms with Crippen LogP contribution in [0.5, 0.6) is 5.75 Å². The fourth-order valence-corrected chi connectivity index (χ4v) is 1.99. The number of hydrogen-bond acceptors (Lipinski definition) is 3. The average molecular weight is 308 g/mol. The summed E-state index contributed by atoms with van der Waals surface area (Å²) in [6.07, 6.45) is 1.67. The predicted molar refractivity (Wildman–Crippen MR) is 85.3 cm³/mol. The van der Waals surface area contributed by atoms with Gasteiger partial charge in [-0.1, -0.05) is 29.8 Å². The van der Waals surface area contributed by atoms with Gasteiger partial charge in [0.1, 0.15) is 0 Å². The summed E-state index contributed by atoms with van der Waals surface area (Å²) >= 11 is 11.3. The van der Waals surface area contributed by atoms with E-state index in [0.717, 1.165) is 5.56 Å². The van der Waals surface area contributed by atoms with Gasteiger partial charge in [-0.05, 0) is 36.0 Å². The van der Waals surface area contributed by atoms with Crippen molar-refractivity contribution in [2.24, 2.45) is 0 Å². The van der Waals surface area contributed by atoms with Gasteiger partial charge in [0.25, 0.3) is 0 Å². The van der Waals surface area contributed by atoms with Crippen LogP contribution in [-0.2, 0) is 6.54 Å². The minimum absolute atomic E-state index is 0.460. The molecule has 0 amide bonds. The zero-order valence-corrected chi connectivity index (χ0v) is 12.5. The number of nitrogens with zero attached hydrogens (tertiary/aromatic N) is 1. The van der Waals surface area contributed by atoms with E-state index in [1.807, 2.05) is 30.3 Å². The molecule has 0 saturated heterocycles. The Morgan fingerprint density at radius 2 is 2.10 bits per heavy atom. The van der Waals surface area contributed by atoms with Crippen LogP contribution in [0.1, 0.15) is 5.56 Å². The number of rotatable bonds is 4. The van der Waals surface area contributed by atoms with Crippen molar-refractivity contribution in [2.45, 2.75) is 6.54 Å². The van der Waals surface area contributed by atoms with Crippen molar-refractivity contribution in [1.29, 1.82) is 0 Å². The van der Waals surface area contributed by atoms with E-state index in [9.17, 15) is 0 Å². The SMILES string of the molecule is COc1cccnc1NC(=S)NCc1ccccc1Cl. The molecule has 2 rings (SSSR count). The quantitative estimate of drug-likeness (QED) is 0.849. The third kappa shape index (κ3) is 3.82. The van der Waals surface area contributed by atoms with E-state index in [-0.39, 0.29) is 0 Å². The van der Waals surface area contributed by atoms with Gasteiger partial charge >= 0.3 is 0 Å². The number of pyridine rings is 1. The van der Waals surface area contributed by atoms with Crippen LogP contribution in [0.15, 0.2) is 42.6 Å². The van der Waals surface area contributed by atoms with Gasteiger partial charge < -0.3 is 15.4 Å². The van der Waals surface area contributed by atoms with Crippen molar-refractivity contribution in [3.8, 4) is 5.75 Å². The summed E-state index contributed by atoms with van der Waals surface area (Å²) < 4.78 is 5.19. The first-order valence-electron chi connectivity index (χ1n) is 5.98. The summed E-state index contributed by atoms with van der Waals surface area (Å²) in [7, 11) is 1.59. The molecule has 0 atom stereocenters. The molecule has 20 heavy (non-hydrogen) atoms. The number of ether oxygens (including phenoxy) is 1. The molecule has 0 bridgehead atoms. The fraction of sp³-hybridized carbons (Fsp3) is 0.143. The van der Waals surface area contributed by atoms with Crippen LogP contribution in [0.25, 0.3) is 0 Å². The molecule has 6 heteroatoms. The lowest BCUT2D eigenvalue weighted by atomic mass is 10.2. The van der Waals surface area contributed by atoms with Crippen LogP contribution in [0.4, 0.5) is 5.82 Å². The summed E-state index contributed by atoms with van der Waals surface area (Å²) in [5.41, 5.74) is 0.978. The third-order valence-electron chi connectivity index (χ3n) is 2.62. The van der Waals surface area contributed by atoms with E-state index in [0.29, 0.717) is 28.2 Å². The van der Waals surface area contributed by atoms with Crippen molar-refractivity contribution in [1.82, 2.24) is 10.3 Å². The lowest BCUT2D eigenvalue weighted by Crippen LogP contribution is -2.28. The van der Waals surface area contributed by atoms with E-state index >= 15 is 0 Å². The van der Waals surface area contributed by atoms with Crippen molar-refractivity contribution in [2.75, 3.05) is 12.4 Å². The maximum absolute atomic E-state index is 6.08. The number of methoxy groups -OCH3 is 1. The first-order chi connectivity index (χ1) is 9.70. The molecule has 0 fully saturated rings. The highest BCUT2D eigenvalue weighted by Gasteiger charge is 2.05. The topological polar surface area (TPSA) is 46.2 Å². The number of thiocarbonyl (C=S) groups is 1. The Kier molecular flexibility index (Phi) is 5.15. The van der Waals surface area contributed by atoms with E-state index < -0.39 is 0 Å². The van der Waals surface area contributed by atoms with Gasteiger partial charge in [0.2, 0.25) is 0 Å². The van der Waals surface area contributed by atoms with E-state index in [1.54, 1.807) is 19.4 Å². The van der Waals surface area contributed by atoms with Gasteiger partial charge in [-0.3, -0.25) is 0 Å². The van der Waals surface area contributed by atoms with Crippen LogP contribution < -0.4 is 15.4 Å². The molecule has 0 aliphatic carbocycles.